The molecule has 148 valence electrons. The normalized spacial score (nSPS) is 24.8. The van der Waals surface area contributed by atoms with Gasteiger partial charge < -0.3 is 9.80 Å². The Morgan fingerprint density at radius 3 is 2.56 bits per heavy atom. The van der Waals surface area contributed by atoms with Crippen LogP contribution < -0.4 is 0 Å². The number of likely N-dealkylation sites (tertiary alicyclic amines) is 2. The smallest absolute Gasteiger partial charge is 0.227 e. The molecule has 1 aromatic rings. The van der Waals surface area contributed by atoms with E-state index in [1.807, 2.05) is 18.0 Å². The Balaban J connectivity index is 1.27. The van der Waals surface area contributed by atoms with E-state index in [-0.39, 0.29) is 11.8 Å². The number of carbonyl (C=O) groups is 2. The summed E-state index contributed by atoms with van der Waals surface area (Å²) in [5, 5.41) is 2.07. The number of hydrogen-bond donors (Lipinski definition) is 0. The second-order valence-electron chi connectivity index (χ2n) is 8.44. The van der Waals surface area contributed by atoms with Gasteiger partial charge in [-0.25, -0.2) is 0 Å². The van der Waals surface area contributed by atoms with Crippen molar-refractivity contribution in [3.8, 4) is 0 Å². The van der Waals surface area contributed by atoms with E-state index in [1.54, 1.807) is 11.3 Å². The van der Waals surface area contributed by atoms with Crippen molar-refractivity contribution in [1.29, 1.82) is 0 Å². The first-order valence-corrected chi connectivity index (χ1v) is 11.3. The molecule has 0 unspecified atom stereocenters. The standard InChI is InChI=1S/C21H31N3O2S/c1-22(15-19-5-3-13-27-19)20(25)17-4-2-10-24(14-17)18-8-11-23(12-9-18)21(26)16-6-7-16/h3,5,13,16-18H,2,4,6-12,14-15H2,1H3/t17-/m1/s1. The van der Waals surface area contributed by atoms with Gasteiger partial charge in [-0.1, -0.05) is 6.07 Å². The number of hydrogen-bond acceptors (Lipinski definition) is 4. The van der Waals surface area contributed by atoms with Crippen molar-refractivity contribution in [3.05, 3.63) is 22.4 Å². The van der Waals surface area contributed by atoms with Gasteiger partial charge in [0.15, 0.2) is 0 Å². The lowest BCUT2D eigenvalue weighted by Gasteiger charge is -2.42. The Kier molecular flexibility index (Phi) is 5.83. The third kappa shape index (κ3) is 4.54. The molecule has 1 aliphatic carbocycles. The molecule has 2 amide bonds. The maximum atomic E-state index is 12.9. The molecule has 3 heterocycles. The van der Waals surface area contributed by atoms with Gasteiger partial charge in [0.2, 0.25) is 11.8 Å². The topological polar surface area (TPSA) is 43.9 Å². The fourth-order valence-corrected chi connectivity index (χ4v) is 5.36. The molecule has 0 N–H and O–H groups in total. The first-order chi connectivity index (χ1) is 13.1. The van der Waals surface area contributed by atoms with Crippen LogP contribution in [-0.4, -0.2) is 65.8 Å². The molecule has 0 bridgehead atoms. The lowest BCUT2D eigenvalue weighted by molar-refractivity contribution is -0.137. The molecule has 0 radical (unpaired) electrons. The van der Waals surface area contributed by atoms with Crippen molar-refractivity contribution in [2.75, 3.05) is 33.2 Å². The summed E-state index contributed by atoms with van der Waals surface area (Å²) >= 11 is 1.71. The number of amides is 2. The Morgan fingerprint density at radius 2 is 1.89 bits per heavy atom. The van der Waals surface area contributed by atoms with Crippen LogP contribution in [0.2, 0.25) is 0 Å². The molecule has 1 saturated carbocycles. The fraction of sp³-hybridized carbons (Fsp3) is 0.714. The Morgan fingerprint density at radius 1 is 1.11 bits per heavy atom. The molecule has 6 heteroatoms. The van der Waals surface area contributed by atoms with E-state index < -0.39 is 0 Å². The van der Waals surface area contributed by atoms with Crippen LogP contribution in [0.15, 0.2) is 17.5 Å². The average molecular weight is 390 g/mol. The molecule has 2 saturated heterocycles. The summed E-state index contributed by atoms with van der Waals surface area (Å²) in [6.45, 7) is 4.49. The molecule has 3 fully saturated rings. The summed E-state index contributed by atoms with van der Waals surface area (Å²) in [6, 6.07) is 4.67. The molecule has 0 spiro atoms. The highest BCUT2D eigenvalue weighted by molar-refractivity contribution is 7.09. The van der Waals surface area contributed by atoms with E-state index in [1.165, 1.54) is 4.88 Å². The highest BCUT2D eigenvalue weighted by atomic mass is 32.1. The summed E-state index contributed by atoms with van der Waals surface area (Å²) in [5.74, 6) is 1.12. The zero-order valence-electron chi connectivity index (χ0n) is 16.3. The Hall–Kier alpha value is -1.40. The third-order valence-electron chi connectivity index (χ3n) is 6.37. The van der Waals surface area contributed by atoms with Crippen LogP contribution in [0.4, 0.5) is 0 Å². The molecule has 4 rings (SSSR count). The van der Waals surface area contributed by atoms with Crippen LogP contribution >= 0.6 is 11.3 Å². The summed E-state index contributed by atoms with van der Waals surface area (Å²) in [4.78, 5) is 32.9. The summed E-state index contributed by atoms with van der Waals surface area (Å²) in [6.07, 6.45) is 6.41. The largest absolute Gasteiger partial charge is 0.342 e. The van der Waals surface area contributed by atoms with Crippen molar-refractivity contribution < 1.29 is 9.59 Å². The first-order valence-electron chi connectivity index (χ1n) is 10.4. The summed E-state index contributed by atoms with van der Waals surface area (Å²) < 4.78 is 0. The van der Waals surface area contributed by atoms with Gasteiger partial charge in [0.25, 0.3) is 0 Å². The van der Waals surface area contributed by atoms with Gasteiger partial charge in [-0.15, -0.1) is 11.3 Å². The van der Waals surface area contributed by atoms with Crippen LogP contribution in [-0.2, 0) is 16.1 Å². The summed E-state index contributed by atoms with van der Waals surface area (Å²) in [5.41, 5.74) is 0. The second kappa shape index (κ2) is 8.31. The zero-order chi connectivity index (χ0) is 18.8. The lowest BCUT2D eigenvalue weighted by Crippen LogP contribution is -2.51. The number of thiophene rings is 1. The second-order valence-corrected chi connectivity index (χ2v) is 9.47. The molecule has 1 aromatic heterocycles. The highest BCUT2D eigenvalue weighted by Crippen LogP contribution is 2.33. The maximum Gasteiger partial charge on any atom is 0.227 e. The van der Waals surface area contributed by atoms with Gasteiger partial charge >= 0.3 is 0 Å². The minimum absolute atomic E-state index is 0.120. The molecule has 5 nitrogen and oxygen atoms in total. The third-order valence-corrected chi connectivity index (χ3v) is 7.23. The number of carbonyl (C=O) groups excluding carboxylic acids is 2. The van der Waals surface area contributed by atoms with Crippen molar-refractivity contribution >= 4 is 23.2 Å². The summed E-state index contributed by atoms with van der Waals surface area (Å²) in [7, 11) is 1.93. The predicted molar refractivity (Wildman–Crippen MR) is 107 cm³/mol. The molecule has 0 aromatic carbocycles. The molecule has 2 aliphatic heterocycles. The minimum Gasteiger partial charge on any atom is -0.342 e. The molecule has 1 atom stereocenters. The average Bonchev–Trinajstić information content (AvgIpc) is 3.44. The Bertz CT molecular complexity index is 650. The predicted octanol–water partition coefficient (Wildman–Crippen LogP) is 2.82. The van der Waals surface area contributed by atoms with Gasteiger partial charge in [-0.05, 0) is 56.5 Å². The van der Waals surface area contributed by atoms with Crippen molar-refractivity contribution in [2.45, 2.75) is 51.1 Å². The van der Waals surface area contributed by atoms with Gasteiger partial charge in [0.05, 0.1) is 12.5 Å². The number of piperidine rings is 2. The van der Waals surface area contributed by atoms with Crippen molar-refractivity contribution in [2.24, 2.45) is 11.8 Å². The SMILES string of the molecule is CN(Cc1cccs1)C(=O)[C@@H]1CCCN(C2CCN(C(=O)C3CC3)CC2)C1. The lowest BCUT2D eigenvalue weighted by atomic mass is 9.93. The van der Waals surface area contributed by atoms with Crippen LogP contribution in [0, 0.1) is 11.8 Å². The molecule has 3 aliphatic rings. The fourth-order valence-electron chi connectivity index (χ4n) is 4.61. The van der Waals surface area contributed by atoms with Gasteiger partial charge in [-0.3, -0.25) is 14.5 Å². The zero-order valence-corrected chi connectivity index (χ0v) is 17.1. The molecular formula is C21H31N3O2S. The first kappa shape index (κ1) is 18.9. The van der Waals surface area contributed by atoms with Crippen molar-refractivity contribution in [3.63, 3.8) is 0 Å². The van der Waals surface area contributed by atoms with Gasteiger partial charge in [-0.2, -0.15) is 0 Å². The van der Waals surface area contributed by atoms with Crippen molar-refractivity contribution in [1.82, 2.24) is 14.7 Å². The number of nitrogens with zero attached hydrogens (tertiary/aromatic N) is 3. The van der Waals surface area contributed by atoms with Crippen LogP contribution in [0.1, 0.15) is 43.4 Å². The Labute approximate surface area is 166 Å². The van der Waals surface area contributed by atoms with Gasteiger partial charge in [0.1, 0.15) is 0 Å². The maximum absolute atomic E-state index is 12.9. The molecular weight excluding hydrogens is 358 g/mol. The van der Waals surface area contributed by atoms with E-state index >= 15 is 0 Å². The van der Waals surface area contributed by atoms with E-state index in [9.17, 15) is 9.59 Å². The molecule has 27 heavy (non-hydrogen) atoms. The van der Waals surface area contributed by atoms with E-state index in [2.05, 4.69) is 21.2 Å². The van der Waals surface area contributed by atoms with Gasteiger partial charge in [0, 0.05) is 43.5 Å². The highest BCUT2D eigenvalue weighted by Gasteiger charge is 2.37. The van der Waals surface area contributed by atoms with Crippen LogP contribution in [0.25, 0.3) is 0 Å². The van der Waals surface area contributed by atoms with E-state index in [4.69, 9.17) is 0 Å². The quantitative estimate of drug-likeness (QED) is 0.778. The minimum atomic E-state index is 0.120. The monoisotopic (exact) mass is 389 g/mol. The van der Waals surface area contributed by atoms with E-state index in [0.717, 1.165) is 64.7 Å². The number of rotatable bonds is 5. The van der Waals surface area contributed by atoms with Crippen LogP contribution in [0.5, 0.6) is 0 Å². The van der Waals surface area contributed by atoms with Crippen LogP contribution in [0.3, 0.4) is 0 Å². The van der Waals surface area contributed by atoms with E-state index in [0.29, 0.717) is 24.4 Å².